The number of carbonyl (C=O) groups is 1. The van der Waals surface area contributed by atoms with Gasteiger partial charge in [0.25, 0.3) is 0 Å². The van der Waals surface area contributed by atoms with Crippen LogP contribution < -0.4 is 10.6 Å². The average molecular weight is 328 g/mol. The lowest BCUT2D eigenvalue weighted by Gasteiger charge is -2.23. The molecule has 2 aromatic rings. The quantitative estimate of drug-likeness (QED) is 0.583. The zero-order valence-electron chi connectivity index (χ0n) is 14.4. The Hall–Kier alpha value is -1.89. The third kappa shape index (κ3) is 4.57. The molecular weight excluding hydrogens is 303 g/mol. The molecule has 0 bridgehead atoms. The van der Waals surface area contributed by atoms with Gasteiger partial charge >= 0.3 is 7.12 Å². The van der Waals surface area contributed by atoms with Crippen molar-refractivity contribution < 1.29 is 14.8 Å². The first-order valence-electron chi connectivity index (χ1n) is 8.25. The van der Waals surface area contributed by atoms with Crippen molar-refractivity contribution in [3.05, 3.63) is 48.0 Å². The number of hydrogen-bond donors (Lipinski definition) is 4. The summed E-state index contributed by atoms with van der Waals surface area (Å²) in [6, 6.07) is 13.3. The predicted molar refractivity (Wildman–Crippen MR) is 97.3 cm³/mol. The summed E-state index contributed by atoms with van der Waals surface area (Å²) in [5.74, 6) is -0.717. The minimum atomic E-state index is -1.58. The molecule has 2 aromatic carbocycles. The van der Waals surface area contributed by atoms with Crippen molar-refractivity contribution >= 4 is 23.8 Å². The Kier molecular flexibility index (Phi) is 6.37. The first kappa shape index (κ1) is 18.5. The molecule has 0 aliphatic carbocycles. The number of nitrogens with one attached hydrogen (secondary N) is 2. The second kappa shape index (κ2) is 8.28. The maximum atomic E-state index is 12.6. The lowest BCUT2D eigenvalue weighted by Crippen LogP contribution is -2.50. The minimum Gasteiger partial charge on any atom is -0.426 e. The van der Waals surface area contributed by atoms with Crippen LogP contribution in [-0.2, 0) is 4.79 Å². The Morgan fingerprint density at radius 2 is 1.79 bits per heavy atom. The van der Waals surface area contributed by atoms with Gasteiger partial charge in [-0.3, -0.25) is 4.79 Å². The van der Waals surface area contributed by atoms with Crippen molar-refractivity contribution in [2.75, 3.05) is 7.05 Å². The van der Waals surface area contributed by atoms with Crippen LogP contribution in [0, 0.1) is 5.92 Å². The van der Waals surface area contributed by atoms with Crippen molar-refractivity contribution in [3.8, 4) is 0 Å². The Bertz CT molecular complexity index is 691. The van der Waals surface area contributed by atoms with Crippen LogP contribution in [0.1, 0.15) is 31.9 Å². The van der Waals surface area contributed by atoms with Gasteiger partial charge in [0.1, 0.15) is 6.04 Å². The first-order chi connectivity index (χ1) is 11.4. The van der Waals surface area contributed by atoms with Gasteiger partial charge in [0.2, 0.25) is 5.91 Å². The van der Waals surface area contributed by atoms with Crippen molar-refractivity contribution in [1.29, 1.82) is 0 Å². The molecule has 24 heavy (non-hydrogen) atoms. The third-order valence-corrected chi connectivity index (χ3v) is 4.07. The standard InChI is InChI=1S/C18H25BN2O3/c1-12(2)10-16(19(23)24)21-18(22)17(20-3)15-9-8-13-6-4-5-7-14(13)11-15/h4-9,11-12,16-17,20,23-24H,10H2,1-3H3,(H,21,22). The van der Waals surface area contributed by atoms with Gasteiger partial charge in [-0.25, -0.2) is 0 Å². The molecule has 0 aliphatic heterocycles. The fourth-order valence-electron chi connectivity index (χ4n) is 2.87. The van der Waals surface area contributed by atoms with E-state index in [1.807, 2.05) is 56.3 Å². The van der Waals surface area contributed by atoms with E-state index in [0.717, 1.165) is 16.3 Å². The highest BCUT2D eigenvalue weighted by Gasteiger charge is 2.29. The largest absolute Gasteiger partial charge is 0.475 e. The van der Waals surface area contributed by atoms with Gasteiger partial charge in [-0.05, 0) is 41.8 Å². The summed E-state index contributed by atoms with van der Waals surface area (Å²) in [5, 5.41) is 26.9. The third-order valence-electron chi connectivity index (χ3n) is 4.07. The fourth-order valence-corrected chi connectivity index (χ4v) is 2.87. The summed E-state index contributed by atoms with van der Waals surface area (Å²) in [4.78, 5) is 12.6. The Morgan fingerprint density at radius 1 is 1.12 bits per heavy atom. The van der Waals surface area contributed by atoms with E-state index >= 15 is 0 Å². The molecule has 6 heteroatoms. The smallest absolute Gasteiger partial charge is 0.426 e. The molecule has 0 saturated heterocycles. The van der Waals surface area contributed by atoms with Gasteiger partial charge in [0.15, 0.2) is 0 Å². The SMILES string of the molecule is CNC(C(=O)NC(CC(C)C)B(O)O)c1ccc2ccccc2c1. The van der Waals surface area contributed by atoms with Crippen LogP contribution in [0.3, 0.4) is 0 Å². The molecule has 0 aliphatic rings. The summed E-state index contributed by atoms with van der Waals surface area (Å²) >= 11 is 0. The first-order valence-corrected chi connectivity index (χ1v) is 8.25. The van der Waals surface area contributed by atoms with E-state index in [0.29, 0.717) is 6.42 Å². The van der Waals surface area contributed by atoms with Gasteiger partial charge in [-0.1, -0.05) is 50.2 Å². The number of fused-ring (bicyclic) bond motifs is 1. The maximum absolute atomic E-state index is 12.6. The van der Waals surface area contributed by atoms with E-state index in [4.69, 9.17) is 0 Å². The van der Waals surface area contributed by atoms with E-state index in [-0.39, 0.29) is 11.8 Å². The van der Waals surface area contributed by atoms with Crippen molar-refractivity contribution in [1.82, 2.24) is 10.6 Å². The van der Waals surface area contributed by atoms with Gasteiger partial charge in [0, 0.05) is 0 Å². The normalized spacial score (nSPS) is 13.8. The van der Waals surface area contributed by atoms with Crippen molar-refractivity contribution in [2.24, 2.45) is 5.92 Å². The van der Waals surface area contributed by atoms with E-state index < -0.39 is 19.1 Å². The molecule has 2 unspecified atom stereocenters. The lowest BCUT2D eigenvalue weighted by atomic mass is 9.75. The van der Waals surface area contributed by atoms with Crippen LogP contribution in [0.2, 0.25) is 0 Å². The van der Waals surface area contributed by atoms with Crippen LogP contribution in [0.25, 0.3) is 10.8 Å². The summed E-state index contributed by atoms with van der Waals surface area (Å²) in [5.41, 5.74) is 0.837. The summed E-state index contributed by atoms with van der Waals surface area (Å²) < 4.78 is 0. The molecule has 0 aromatic heterocycles. The molecule has 128 valence electrons. The van der Waals surface area contributed by atoms with Crippen LogP contribution in [0.5, 0.6) is 0 Å². The number of carbonyl (C=O) groups excluding carboxylic acids is 1. The molecule has 0 saturated carbocycles. The summed E-state index contributed by atoms with van der Waals surface area (Å²) in [7, 11) is 0.136. The number of benzene rings is 2. The zero-order valence-corrected chi connectivity index (χ0v) is 14.4. The molecule has 0 fully saturated rings. The van der Waals surface area contributed by atoms with Crippen LogP contribution in [0.4, 0.5) is 0 Å². The Balaban J connectivity index is 2.20. The molecule has 5 nitrogen and oxygen atoms in total. The number of likely N-dealkylation sites (N-methyl/N-ethyl adjacent to an activating group) is 1. The number of rotatable bonds is 7. The Morgan fingerprint density at radius 3 is 2.38 bits per heavy atom. The van der Waals surface area contributed by atoms with Gasteiger partial charge in [-0.2, -0.15) is 0 Å². The maximum Gasteiger partial charge on any atom is 0.475 e. The Labute approximate surface area is 143 Å². The average Bonchev–Trinajstić information content (AvgIpc) is 2.54. The van der Waals surface area contributed by atoms with Crippen LogP contribution in [-0.4, -0.2) is 36.1 Å². The van der Waals surface area contributed by atoms with E-state index in [9.17, 15) is 14.8 Å². The van der Waals surface area contributed by atoms with Gasteiger partial charge < -0.3 is 20.7 Å². The van der Waals surface area contributed by atoms with E-state index in [1.54, 1.807) is 7.05 Å². The molecule has 2 atom stereocenters. The number of amides is 1. The molecule has 4 N–H and O–H groups in total. The van der Waals surface area contributed by atoms with E-state index in [1.165, 1.54) is 0 Å². The van der Waals surface area contributed by atoms with E-state index in [2.05, 4.69) is 10.6 Å². The highest BCUT2D eigenvalue weighted by molar-refractivity contribution is 6.43. The second-order valence-electron chi connectivity index (χ2n) is 6.49. The fraction of sp³-hybridized carbons (Fsp3) is 0.389. The van der Waals surface area contributed by atoms with Crippen LogP contribution >= 0.6 is 0 Å². The topological polar surface area (TPSA) is 81.6 Å². The highest BCUT2D eigenvalue weighted by atomic mass is 16.4. The monoisotopic (exact) mass is 328 g/mol. The molecule has 2 rings (SSSR count). The van der Waals surface area contributed by atoms with Gasteiger partial charge in [-0.15, -0.1) is 0 Å². The van der Waals surface area contributed by atoms with Crippen LogP contribution in [0.15, 0.2) is 42.5 Å². The predicted octanol–water partition coefficient (Wildman–Crippen LogP) is 1.64. The minimum absolute atomic E-state index is 0.241. The zero-order chi connectivity index (χ0) is 17.7. The second-order valence-corrected chi connectivity index (χ2v) is 6.49. The highest BCUT2D eigenvalue weighted by Crippen LogP contribution is 2.21. The lowest BCUT2D eigenvalue weighted by molar-refractivity contribution is -0.123. The molecule has 0 spiro atoms. The van der Waals surface area contributed by atoms with Crippen molar-refractivity contribution in [3.63, 3.8) is 0 Å². The number of hydrogen-bond acceptors (Lipinski definition) is 4. The molecule has 1 amide bonds. The van der Waals surface area contributed by atoms with Gasteiger partial charge in [0.05, 0.1) is 5.94 Å². The summed E-state index contributed by atoms with van der Waals surface area (Å²) in [6.07, 6.45) is 0.498. The summed E-state index contributed by atoms with van der Waals surface area (Å²) in [6.45, 7) is 3.95. The molecule has 0 radical (unpaired) electrons. The molecule has 0 heterocycles. The van der Waals surface area contributed by atoms with Crippen molar-refractivity contribution in [2.45, 2.75) is 32.3 Å². The molecular formula is C18H25BN2O3.